The summed E-state index contributed by atoms with van der Waals surface area (Å²) in [6.07, 6.45) is 33.7. The van der Waals surface area contributed by atoms with Crippen LogP contribution in [0.3, 0.4) is 0 Å². The number of ether oxygens (including phenoxy) is 4. The SMILES string of the molecule is CCCCCC/C=C\C/C=C\CCCCCCCC(=O)OCC(COC1OC(C(=O)O)C(O)C(O)C1O)OC(=O)CCCCCCCCCCCCCCCCCCC. The Labute approximate surface area is 358 Å². The van der Waals surface area contributed by atoms with Gasteiger partial charge in [0.1, 0.15) is 24.9 Å². The fourth-order valence-corrected chi connectivity index (χ4v) is 7.26. The maximum Gasteiger partial charge on any atom is 0.335 e. The van der Waals surface area contributed by atoms with Gasteiger partial charge >= 0.3 is 17.9 Å². The second kappa shape index (κ2) is 38.6. The molecule has 0 spiro atoms. The molecule has 1 saturated heterocycles. The minimum Gasteiger partial charge on any atom is -0.479 e. The van der Waals surface area contributed by atoms with Crippen molar-refractivity contribution in [3.63, 3.8) is 0 Å². The molecule has 1 aliphatic rings. The number of carbonyl (C=O) groups is 3. The van der Waals surface area contributed by atoms with Crippen molar-refractivity contribution in [1.82, 2.24) is 0 Å². The van der Waals surface area contributed by atoms with Gasteiger partial charge in [0.15, 0.2) is 18.5 Å². The number of carboxylic acid groups (broad SMARTS) is 1. The zero-order valence-corrected chi connectivity index (χ0v) is 37.3. The Morgan fingerprint density at radius 2 is 0.949 bits per heavy atom. The van der Waals surface area contributed by atoms with E-state index in [0.29, 0.717) is 12.8 Å². The molecule has 0 bridgehead atoms. The van der Waals surface area contributed by atoms with E-state index in [1.165, 1.54) is 116 Å². The molecule has 4 N–H and O–H groups in total. The molecule has 344 valence electrons. The molecule has 0 saturated carbocycles. The number of unbranched alkanes of at least 4 members (excludes halogenated alkanes) is 25. The van der Waals surface area contributed by atoms with Crippen molar-refractivity contribution < 1.29 is 53.8 Å². The average Bonchev–Trinajstić information content (AvgIpc) is 3.22. The molecule has 1 rings (SSSR count). The number of carboxylic acids is 1. The molecule has 1 aliphatic heterocycles. The van der Waals surface area contributed by atoms with Gasteiger partial charge in [-0.3, -0.25) is 9.59 Å². The van der Waals surface area contributed by atoms with Gasteiger partial charge in [-0.15, -0.1) is 0 Å². The fraction of sp³-hybridized carbons (Fsp3) is 0.854. The number of aliphatic hydroxyl groups excluding tert-OH is 3. The van der Waals surface area contributed by atoms with Crippen LogP contribution in [-0.2, 0) is 33.3 Å². The number of hydrogen-bond donors (Lipinski definition) is 4. The summed E-state index contributed by atoms with van der Waals surface area (Å²) < 4.78 is 21.8. The van der Waals surface area contributed by atoms with E-state index in [1.54, 1.807) is 0 Å². The zero-order chi connectivity index (χ0) is 43.2. The molecule has 0 radical (unpaired) electrons. The van der Waals surface area contributed by atoms with Crippen molar-refractivity contribution in [2.75, 3.05) is 13.2 Å². The van der Waals surface area contributed by atoms with Crippen molar-refractivity contribution in [2.45, 2.75) is 250 Å². The summed E-state index contributed by atoms with van der Waals surface area (Å²) in [5.41, 5.74) is 0. The van der Waals surface area contributed by atoms with Crippen molar-refractivity contribution in [2.24, 2.45) is 0 Å². The predicted molar refractivity (Wildman–Crippen MR) is 234 cm³/mol. The number of carbonyl (C=O) groups excluding carboxylic acids is 2. The minimum absolute atomic E-state index is 0.184. The third-order valence-corrected chi connectivity index (χ3v) is 11.1. The van der Waals surface area contributed by atoms with Gasteiger partial charge in [-0.2, -0.15) is 0 Å². The summed E-state index contributed by atoms with van der Waals surface area (Å²) in [5.74, 6) is -2.45. The van der Waals surface area contributed by atoms with E-state index in [0.717, 1.165) is 57.8 Å². The Hall–Kier alpha value is -2.31. The standard InChI is InChI=1S/C48H86O11/c1-3-5-7-9-11-13-15-17-19-21-23-25-27-29-31-33-35-37-42(50)58-40(39-57-48-45(53)43(51)44(52)46(59-48)47(54)55)38-56-41(49)36-34-32-30-28-26-24-22-20-18-16-14-12-10-8-6-4-2/h14,16,20,22,40,43-46,48,51-53H,3-13,15,17-19,21,23-39H2,1-2H3,(H,54,55)/b16-14-,22-20-. The first kappa shape index (κ1) is 54.7. The van der Waals surface area contributed by atoms with Crippen LogP contribution in [0, 0.1) is 0 Å². The van der Waals surface area contributed by atoms with Crippen molar-refractivity contribution in [1.29, 1.82) is 0 Å². The van der Waals surface area contributed by atoms with Gasteiger partial charge in [-0.25, -0.2) is 4.79 Å². The molecule has 6 unspecified atom stereocenters. The minimum atomic E-state index is -1.86. The lowest BCUT2D eigenvalue weighted by molar-refractivity contribution is -0.298. The van der Waals surface area contributed by atoms with Crippen LogP contribution in [0.1, 0.15) is 213 Å². The highest BCUT2D eigenvalue weighted by Crippen LogP contribution is 2.23. The van der Waals surface area contributed by atoms with E-state index in [9.17, 15) is 34.8 Å². The van der Waals surface area contributed by atoms with Crippen LogP contribution in [0.4, 0.5) is 0 Å². The monoisotopic (exact) mass is 839 g/mol. The van der Waals surface area contributed by atoms with Crippen LogP contribution in [0.5, 0.6) is 0 Å². The summed E-state index contributed by atoms with van der Waals surface area (Å²) in [4.78, 5) is 36.9. The van der Waals surface area contributed by atoms with Crippen molar-refractivity contribution in [3.05, 3.63) is 24.3 Å². The average molecular weight is 839 g/mol. The Morgan fingerprint density at radius 3 is 1.42 bits per heavy atom. The molecule has 0 aromatic heterocycles. The molecule has 11 nitrogen and oxygen atoms in total. The summed E-state index contributed by atoms with van der Waals surface area (Å²) in [5, 5.41) is 39.9. The second-order valence-corrected chi connectivity index (χ2v) is 16.6. The molecule has 59 heavy (non-hydrogen) atoms. The molecule has 0 amide bonds. The Kier molecular flexibility index (Phi) is 35.8. The molecule has 0 aromatic rings. The molecule has 11 heteroatoms. The topological polar surface area (TPSA) is 169 Å². The van der Waals surface area contributed by atoms with Crippen LogP contribution in [-0.4, -0.2) is 88.4 Å². The van der Waals surface area contributed by atoms with Crippen molar-refractivity contribution >= 4 is 17.9 Å². The van der Waals surface area contributed by atoms with Crippen LogP contribution in [0.2, 0.25) is 0 Å². The van der Waals surface area contributed by atoms with Gasteiger partial charge in [0.25, 0.3) is 0 Å². The molecule has 1 heterocycles. The highest BCUT2D eigenvalue weighted by atomic mass is 16.7. The van der Waals surface area contributed by atoms with E-state index in [1.807, 2.05) is 0 Å². The van der Waals surface area contributed by atoms with E-state index in [2.05, 4.69) is 38.2 Å². The number of aliphatic hydroxyl groups is 3. The van der Waals surface area contributed by atoms with Crippen LogP contribution >= 0.6 is 0 Å². The lowest BCUT2D eigenvalue weighted by atomic mass is 9.99. The third-order valence-electron chi connectivity index (χ3n) is 11.1. The first-order valence-electron chi connectivity index (χ1n) is 23.9. The van der Waals surface area contributed by atoms with Gasteiger partial charge in [0, 0.05) is 12.8 Å². The number of aliphatic carboxylic acids is 1. The maximum absolute atomic E-state index is 12.8. The van der Waals surface area contributed by atoms with E-state index in [4.69, 9.17) is 18.9 Å². The quantitative estimate of drug-likeness (QED) is 0.0263. The Morgan fingerprint density at radius 1 is 0.525 bits per heavy atom. The lowest BCUT2D eigenvalue weighted by Gasteiger charge is -2.38. The maximum atomic E-state index is 12.8. The van der Waals surface area contributed by atoms with Gasteiger partial charge in [-0.1, -0.05) is 179 Å². The third kappa shape index (κ3) is 30.4. The molecular formula is C48H86O11. The van der Waals surface area contributed by atoms with Crippen LogP contribution in [0.25, 0.3) is 0 Å². The van der Waals surface area contributed by atoms with E-state index >= 15 is 0 Å². The largest absolute Gasteiger partial charge is 0.479 e. The predicted octanol–water partition coefficient (Wildman–Crippen LogP) is 10.6. The van der Waals surface area contributed by atoms with Crippen molar-refractivity contribution in [3.8, 4) is 0 Å². The number of allylic oxidation sites excluding steroid dienone is 4. The first-order chi connectivity index (χ1) is 28.7. The first-order valence-corrected chi connectivity index (χ1v) is 23.9. The van der Waals surface area contributed by atoms with Crippen LogP contribution < -0.4 is 0 Å². The Balaban J connectivity index is 2.34. The van der Waals surface area contributed by atoms with Gasteiger partial charge in [0.05, 0.1) is 6.61 Å². The zero-order valence-electron chi connectivity index (χ0n) is 37.3. The van der Waals surface area contributed by atoms with Gasteiger partial charge < -0.3 is 39.4 Å². The fourth-order valence-electron chi connectivity index (χ4n) is 7.26. The van der Waals surface area contributed by atoms with E-state index < -0.39 is 61.3 Å². The lowest BCUT2D eigenvalue weighted by Crippen LogP contribution is -2.60. The number of esters is 2. The molecule has 6 atom stereocenters. The van der Waals surface area contributed by atoms with Gasteiger partial charge in [-0.05, 0) is 44.9 Å². The molecule has 0 aliphatic carbocycles. The highest BCUT2D eigenvalue weighted by Gasteiger charge is 2.47. The smallest absolute Gasteiger partial charge is 0.335 e. The Bertz CT molecular complexity index is 1080. The summed E-state index contributed by atoms with van der Waals surface area (Å²) >= 11 is 0. The molecule has 1 fully saturated rings. The molecule has 0 aromatic carbocycles. The van der Waals surface area contributed by atoms with Crippen LogP contribution in [0.15, 0.2) is 24.3 Å². The molecular weight excluding hydrogens is 753 g/mol. The van der Waals surface area contributed by atoms with E-state index in [-0.39, 0.29) is 19.4 Å². The number of rotatable bonds is 40. The number of hydrogen-bond acceptors (Lipinski definition) is 10. The second-order valence-electron chi connectivity index (χ2n) is 16.6. The summed E-state index contributed by atoms with van der Waals surface area (Å²) in [7, 11) is 0. The normalized spacial score (nSPS) is 20.1. The van der Waals surface area contributed by atoms with Gasteiger partial charge in [0.2, 0.25) is 0 Å². The highest BCUT2D eigenvalue weighted by molar-refractivity contribution is 5.73. The summed E-state index contributed by atoms with van der Waals surface area (Å²) in [6.45, 7) is 3.80. The summed E-state index contributed by atoms with van der Waals surface area (Å²) in [6, 6.07) is 0.